The Labute approximate surface area is 85.4 Å². The monoisotopic (exact) mass is 203 g/mol. The zero-order valence-electron chi connectivity index (χ0n) is 9.21. The summed E-state index contributed by atoms with van der Waals surface area (Å²) in [6.45, 7) is 4.23. The van der Waals surface area contributed by atoms with Crippen LogP contribution < -0.4 is 16.7 Å². The Kier molecular flexibility index (Phi) is 7.09. The maximum absolute atomic E-state index is 11.1. The van der Waals surface area contributed by atoms with Gasteiger partial charge in [-0.3, -0.25) is 10.4 Å². The lowest BCUT2D eigenvalue weighted by Crippen LogP contribution is -2.50. The van der Waals surface area contributed by atoms with Gasteiger partial charge in [0.2, 0.25) is 0 Å². The molecule has 0 bridgehead atoms. The number of hydrazine groups is 2. The molecule has 0 aliphatic carbocycles. The van der Waals surface area contributed by atoms with Crippen molar-refractivity contribution >= 4 is 6.03 Å². The van der Waals surface area contributed by atoms with E-state index in [1.54, 1.807) is 0 Å². The van der Waals surface area contributed by atoms with Crippen molar-refractivity contribution in [2.45, 2.75) is 13.3 Å². The summed E-state index contributed by atoms with van der Waals surface area (Å²) in [5.41, 5.74) is 5.07. The third kappa shape index (κ3) is 5.74. The smallest absolute Gasteiger partial charge is 0.309 e. The Morgan fingerprint density at radius 1 is 1.43 bits per heavy atom. The molecule has 0 aliphatic heterocycles. The van der Waals surface area contributed by atoms with E-state index in [2.05, 4.69) is 15.8 Å². The first-order valence-corrected chi connectivity index (χ1v) is 4.78. The second kappa shape index (κ2) is 7.54. The number of nitrogens with one attached hydrogen (secondary N) is 2. The molecule has 6 heteroatoms. The van der Waals surface area contributed by atoms with Crippen LogP contribution in [0.2, 0.25) is 0 Å². The molecule has 2 amide bonds. The van der Waals surface area contributed by atoms with Gasteiger partial charge in [0.1, 0.15) is 0 Å². The molecule has 0 aliphatic rings. The van der Waals surface area contributed by atoms with E-state index in [0.29, 0.717) is 6.54 Å². The summed E-state index contributed by atoms with van der Waals surface area (Å²) in [5.74, 6) is 5.01. The number of amides is 2. The highest BCUT2D eigenvalue weighted by Gasteiger charge is 2.07. The van der Waals surface area contributed by atoms with Crippen LogP contribution >= 0.6 is 0 Å². The lowest BCUT2D eigenvalue weighted by Gasteiger charge is -2.21. The predicted octanol–water partition coefficient (Wildman–Crippen LogP) is -0.652. The van der Waals surface area contributed by atoms with Crippen LogP contribution in [0.4, 0.5) is 4.79 Å². The number of carbonyl (C=O) groups excluding carboxylic acids is 1. The molecule has 0 aromatic carbocycles. The standard InChI is InChI=1S/C8H21N5O/c1-4-13(8(14)11-9)10-6-5-7-12(2)3/h10H,4-7,9H2,1-3H3,(H,11,14). The molecule has 0 aromatic heterocycles. The molecule has 0 atom stereocenters. The molecule has 14 heavy (non-hydrogen) atoms. The van der Waals surface area contributed by atoms with Gasteiger partial charge in [-0.2, -0.15) is 0 Å². The van der Waals surface area contributed by atoms with Crippen LogP contribution in [0.5, 0.6) is 0 Å². The second-order valence-electron chi connectivity index (χ2n) is 3.26. The SMILES string of the molecule is CCN(NCCCN(C)C)C(=O)NN. The minimum absolute atomic E-state index is 0.308. The van der Waals surface area contributed by atoms with Crippen molar-refractivity contribution in [2.75, 3.05) is 33.7 Å². The van der Waals surface area contributed by atoms with Gasteiger partial charge in [-0.05, 0) is 34.0 Å². The van der Waals surface area contributed by atoms with Crippen LogP contribution in [0.1, 0.15) is 13.3 Å². The number of urea groups is 1. The summed E-state index contributed by atoms with van der Waals surface area (Å²) >= 11 is 0. The van der Waals surface area contributed by atoms with Crippen LogP contribution in [0.25, 0.3) is 0 Å². The first-order chi connectivity index (χ1) is 6.61. The number of hydrogen-bond donors (Lipinski definition) is 3. The Balaban J connectivity index is 3.58. The first-order valence-electron chi connectivity index (χ1n) is 4.78. The molecule has 0 fully saturated rings. The van der Waals surface area contributed by atoms with Crippen molar-refractivity contribution in [1.82, 2.24) is 20.8 Å². The van der Waals surface area contributed by atoms with E-state index in [1.165, 1.54) is 5.01 Å². The molecule has 0 rings (SSSR count). The molecule has 0 aromatic rings. The van der Waals surface area contributed by atoms with E-state index in [9.17, 15) is 4.79 Å². The van der Waals surface area contributed by atoms with Crippen LogP contribution in [0.3, 0.4) is 0 Å². The van der Waals surface area contributed by atoms with Crippen molar-refractivity contribution in [1.29, 1.82) is 0 Å². The fourth-order valence-electron chi connectivity index (χ4n) is 1.01. The van der Waals surface area contributed by atoms with Gasteiger partial charge in [-0.1, -0.05) is 0 Å². The molecule has 0 heterocycles. The average Bonchev–Trinajstić information content (AvgIpc) is 2.16. The first kappa shape index (κ1) is 13.2. The minimum atomic E-state index is -0.308. The number of hydrogen-bond acceptors (Lipinski definition) is 4. The maximum atomic E-state index is 11.1. The van der Waals surface area contributed by atoms with Crippen molar-refractivity contribution in [3.63, 3.8) is 0 Å². The van der Waals surface area contributed by atoms with Crippen molar-refractivity contribution in [3.8, 4) is 0 Å². The molecule has 0 saturated heterocycles. The molecule has 0 saturated carbocycles. The second-order valence-corrected chi connectivity index (χ2v) is 3.26. The zero-order chi connectivity index (χ0) is 11.0. The summed E-state index contributed by atoms with van der Waals surface area (Å²) in [6, 6.07) is -0.308. The number of nitrogens with two attached hydrogens (primary N) is 1. The highest BCUT2D eigenvalue weighted by Crippen LogP contribution is 1.85. The van der Waals surface area contributed by atoms with Gasteiger partial charge in [0, 0.05) is 13.1 Å². The van der Waals surface area contributed by atoms with Gasteiger partial charge in [0.25, 0.3) is 0 Å². The summed E-state index contributed by atoms with van der Waals surface area (Å²) in [7, 11) is 4.04. The fraction of sp³-hybridized carbons (Fsp3) is 0.875. The fourth-order valence-corrected chi connectivity index (χ4v) is 1.01. The van der Waals surface area contributed by atoms with Gasteiger partial charge in [-0.25, -0.2) is 16.1 Å². The molecule has 4 N–H and O–H groups in total. The molecule has 0 radical (unpaired) electrons. The van der Waals surface area contributed by atoms with Crippen LogP contribution in [0.15, 0.2) is 0 Å². The summed E-state index contributed by atoms with van der Waals surface area (Å²) in [5, 5.41) is 1.45. The Morgan fingerprint density at radius 3 is 2.50 bits per heavy atom. The third-order valence-corrected chi connectivity index (χ3v) is 1.77. The van der Waals surface area contributed by atoms with E-state index < -0.39 is 0 Å². The Bertz CT molecular complexity index is 162. The van der Waals surface area contributed by atoms with Crippen LogP contribution in [0, 0.1) is 0 Å². The zero-order valence-corrected chi connectivity index (χ0v) is 9.21. The highest BCUT2D eigenvalue weighted by atomic mass is 16.2. The van der Waals surface area contributed by atoms with Gasteiger partial charge in [-0.15, -0.1) is 0 Å². The lowest BCUT2D eigenvalue weighted by atomic mass is 10.4. The number of nitrogens with zero attached hydrogens (tertiary/aromatic N) is 2. The van der Waals surface area contributed by atoms with E-state index in [4.69, 9.17) is 5.84 Å². The summed E-state index contributed by atoms with van der Waals surface area (Å²) in [4.78, 5) is 13.2. The normalized spacial score (nSPS) is 10.4. The van der Waals surface area contributed by atoms with Gasteiger partial charge in [0.15, 0.2) is 0 Å². The van der Waals surface area contributed by atoms with Gasteiger partial charge < -0.3 is 4.90 Å². The third-order valence-electron chi connectivity index (χ3n) is 1.77. The lowest BCUT2D eigenvalue weighted by molar-refractivity contribution is 0.173. The molecule has 0 unspecified atom stereocenters. The minimum Gasteiger partial charge on any atom is -0.309 e. The number of carbonyl (C=O) groups is 1. The molecular weight excluding hydrogens is 182 g/mol. The molecular formula is C8H21N5O. The van der Waals surface area contributed by atoms with Crippen molar-refractivity contribution in [2.24, 2.45) is 5.84 Å². The maximum Gasteiger partial charge on any atom is 0.345 e. The molecule has 0 spiro atoms. The van der Waals surface area contributed by atoms with E-state index in [-0.39, 0.29) is 6.03 Å². The summed E-state index contributed by atoms with van der Waals surface area (Å²) in [6.07, 6.45) is 0.987. The Hall–Kier alpha value is -0.850. The van der Waals surface area contributed by atoms with Gasteiger partial charge in [0.05, 0.1) is 0 Å². The van der Waals surface area contributed by atoms with Crippen LogP contribution in [-0.2, 0) is 0 Å². The molecule has 84 valence electrons. The van der Waals surface area contributed by atoms with Crippen LogP contribution in [-0.4, -0.2) is 49.7 Å². The number of rotatable bonds is 6. The largest absolute Gasteiger partial charge is 0.345 e. The van der Waals surface area contributed by atoms with E-state index in [1.807, 2.05) is 21.0 Å². The Morgan fingerprint density at radius 2 is 2.07 bits per heavy atom. The van der Waals surface area contributed by atoms with Gasteiger partial charge >= 0.3 is 6.03 Å². The predicted molar refractivity (Wildman–Crippen MR) is 56.3 cm³/mol. The van der Waals surface area contributed by atoms with E-state index >= 15 is 0 Å². The highest BCUT2D eigenvalue weighted by molar-refractivity contribution is 5.72. The summed E-state index contributed by atoms with van der Waals surface area (Å²) < 4.78 is 0. The molecule has 6 nitrogen and oxygen atoms in total. The topological polar surface area (TPSA) is 73.6 Å². The van der Waals surface area contributed by atoms with Crippen molar-refractivity contribution < 1.29 is 4.79 Å². The van der Waals surface area contributed by atoms with E-state index in [0.717, 1.165) is 19.5 Å². The average molecular weight is 203 g/mol. The van der Waals surface area contributed by atoms with Crippen molar-refractivity contribution in [3.05, 3.63) is 0 Å². The quantitative estimate of drug-likeness (QED) is 0.232.